The number of benzene rings is 1. The molecule has 2 N–H and O–H groups in total. The van der Waals surface area contributed by atoms with Crippen molar-refractivity contribution >= 4 is 11.7 Å². The number of hydrogen-bond donors (Lipinski definition) is 1. The number of carbonyl (C=O) groups is 1. The summed E-state index contributed by atoms with van der Waals surface area (Å²) in [6.07, 6.45) is 3.36. The smallest absolute Gasteiger partial charge is 0.305 e. The van der Waals surface area contributed by atoms with Crippen molar-refractivity contribution in [1.82, 2.24) is 0 Å². The van der Waals surface area contributed by atoms with Crippen molar-refractivity contribution in [3.63, 3.8) is 0 Å². The van der Waals surface area contributed by atoms with E-state index >= 15 is 0 Å². The third-order valence-corrected chi connectivity index (χ3v) is 2.30. The lowest BCUT2D eigenvalue weighted by Gasteiger charge is -2.01. The number of methoxy groups -OCH3 is 1. The van der Waals surface area contributed by atoms with Gasteiger partial charge in [-0.2, -0.15) is 0 Å². The van der Waals surface area contributed by atoms with Crippen LogP contribution in [0.3, 0.4) is 0 Å². The summed E-state index contributed by atoms with van der Waals surface area (Å²) in [4.78, 5) is 10.8. The zero-order valence-electron chi connectivity index (χ0n) is 9.03. The maximum absolute atomic E-state index is 10.8. The van der Waals surface area contributed by atoms with E-state index < -0.39 is 0 Å². The van der Waals surface area contributed by atoms with Crippen molar-refractivity contribution in [1.29, 1.82) is 0 Å². The van der Waals surface area contributed by atoms with Crippen LogP contribution in [0.5, 0.6) is 0 Å². The minimum Gasteiger partial charge on any atom is -0.469 e. The second kappa shape index (κ2) is 6.06. The molecular formula is C12H17NO2. The molecule has 0 bridgehead atoms. The lowest BCUT2D eigenvalue weighted by Crippen LogP contribution is -1.99. The average Bonchev–Trinajstić information content (AvgIpc) is 2.26. The second-order valence-corrected chi connectivity index (χ2v) is 3.52. The molecule has 0 saturated heterocycles. The lowest BCUT2D eigenvalue weighted by molar-refractivity contribution is -0.140. The Hall–Kier alpha value is -1.51. The Morgan fingerprint density at radius 1 is 1.27 bits per heavy atom. The quantitative estimate of drug-likeness (QED) is 0.457. The first kappa shape index (κ1) is 11.6. The van der Waals surface area contributed by atoms with Crippen molar-refractivity contribution in [3.05, 3.63) is 29.8 Å². The number of rotatable bonds is 5. The van der Waals surface area contributed by atoms with Crippen LogP contribution in [-0.2, 0) is 16.0 Å². The van der Waals surface area contributed by atoms with Gasteiger partial charge in [-0.3, -0.25) is 4.79 Å². The molecule has 0 aliphatic carbocycles. The normalized spacial score (nSPS) is 9.93. The molecule has 0 atom stereocenters. The molecule has 82 valence electrons. The number of esters is 1. The Bertz CT molecular complexity index is 306. The number of unbranched alkanes of at least 4 members (excludes halogenated alkanes) is 1. The number of anilines is 1. The molecule has 0 aliphatic heterocycles. The van der Waals surface area contributed by atoms with E-state index in [9.17, 15) is 4.79 Å². The van der Waals surface area contributed by atoms with Crippen LogP contribution in [0.2, 0.25) is 0 Å². The summed E-state index contributed by atoms with van der Waals surface area (Å²) < 4.78 is 4.56. The molecule has 1 aromatic rings. The minimum absolute atomic E-state index is 0.132. The highest BCUT2D eigenvalue weighted by molar-refractivity contribution is 5.68. The van der Waals surface area contributed by atoms with E-state index in [0.29, 0.717) is 6.42 Å². The number of hydrogen-bond acceptors (Lipinski definition) is 3. The molecule has 15 heavy (non-hydrogen) atoms. The van der Waals surface area contributed by atoms with Gasteiger partial charge in [0.25, 0.3) is 0 Å². The summed E-state index contributed by atoms with van der Waals surface area (Å²) in [5.41, 5.74) is 7.62. The van der Waals surface area contributed by atoms with E-state index in [0.717, 1.165) is 24.9 Å². The molecule has 0 aliphatic rings. The van der Waals surface area contributed by atoms with Gasteiger partial charge in [0.05, 0.1) is 7.11 Å². The van der Waals surface area contributed by atoms with Crippen LogP contribution in [0.25, 0.3) is 0 Å². The van der Waals surface area contributed by atoms with Crippen molar-refractivity contribution in [2.75, 3.05) is 12.8 Å². The van der Waals surface area contributed by atoms with Gasteiger partial charge in [-0.1, -0.05) is 12.1 Å². The first-order valence-corrected chi connectivity index (χ1v) is 5.13. The fourth-order valence-electron chi connectivity index (χ4n) is 1.38. The van der Waals surface area contributed by atoms with E-state index in [-0.39, 0.29) is 5.97 Å². The van der Waals surface area contributed by atoms with Crippen molar-refractivity contribution < 1.29 is 9.53 Å². The first-order valence-electron chi connectivity index (χ1n) is 5.13. The fourth-order valence-corrected chi connectivity index (χ4v) is 1.38. The molecule has 0 saturated carbocycles. The number of nitrogen functional groups attached to an aromatic ring is 1. The maximum atomic E-state index is 10.8. The summed E-state index contributed by atoms with van der Waals surface area (Å²) in [7, 11) is 1.42. The van der Waals surface area contributed by atoms with E-state index in [1.807, 2.05) is 24.3 Å². The first-order chi connectivity index (χ1) is 7.22. The van der Waals surface area contributed by atoms with Gasteiger partial charge in [-0.05, 0) is 37.0 Å². The average molecular weight is 207 g/mol. The maximum Gasteiger partial charge on any atom is 0.305 e. The van der Waals surface area contributed by atoms with Crippen LogP contribution >= 0.6 is 0 Å². The summed E-state index contributed by atoms with van der Waals surface area (Å²) in [5.74, 6) is -0.132. The van der Waals surface area contributed by atoms with Gasteiger partial charge in [0.2, 0.25) is 0 Å². The van der Waals surface area contributed by atoms with Gasteiger partial charge in [0.15, 0.2) is 0 Å². The van der Waals surface area contributed by atoms with Gasteiger partial charge in [0.1, 0.15) is 0 Å². The molecule has 0 radical (unpaired) electrons. The summed E-state index contributed by atoms with van der Waals surface area (Å²) in [6, 6.07) is 7.84. The molecule has 0 unspecified atom stereocenters. The topological polar surface area (TPSA) is 52.3 Å². The van der Waals surface area contributed by atoms with Gasteiger partial charge in [0, 0.05) is 12.1 Å². The summed E-state index contributed by atoms with van der Waals surface area (Å²) in [6.45, 7) is 0. The van der Waals surface area contributed by atoms with Crippen LogP contribution in [0.15, 0.2) is 24.3 Å². The third kappa shape index (κ3) is 4.49. The zero-order valence-corrected chi connectivity index (χ0v) is 9.03. The Morgan fingerprint density at radius 2 is 1.93 bits per heavy atom. The van der Waals surface area contributed by atoms with E-state index in [1.165, 1.54) is 12.7 Å². The highest BCUT2D eigenvalue weighted by Crippen LogP contribution is 2.09. The minimum atomic E-state index is -0.132. The van der Waals surface area contributed by atoms with Crippen molar-refractivity contribution in [2.24, 2.45) is 0 Å². The predicted molar refractivity (Wildman–Crippen MR) is 60.4 cm³/mol. The van der Waals surface area contributed by atoms with Crippen LogP contribution in [0.1, 0.15) is 24.8 Å². The number of aryl methyl sites for hydroxylation is 1. The van der Waals surface area contributed by atoms with Crippen molar-refractivity contribution in [2.45, 2.75) is 25.7 Å². The molecule has 0 amide bonds. The van der Waals surface area contributed by atoms with Crippen molar-refractivity contribution in [3.8, 4) is 0 Å². The van der Waals surface area contributed by atoms with Crippen LogP contribution in [0.4, 0.5) is 5.69 Å². The molecule has 0 aromatic heterocycles. The monoisotopic (exact) mass is 207 g/mol. The second-order valence-electron chi connectivity index (χ2n) is 3.52. The molecule has 1 rings (SSSR count). The predicted octanol–water partition coefficient (Wildman–Crippen LogP) is 2.15. The summed E-state index contributed by atoms with van der Waals surface area (Å²) >= 11 is 0. The Labute approximate surface area is 90.2 Å². The molecule has 1 aromatic carbocycles. The Balaban J connectivity index is 2.20. The van der Waals surface area contributed by atoms with E-state index in [2.05, 4.69) is 4.74 Å². The van der Waals surface area contributed by atoms with E-state index in [1.54, 1.807) is 0 Å². The molecule has 0 fully saturated rings. The lowest BCUT2D eigenvalue weighted by atomic mass is 10.1. The molecule has 3 heteroatoms. The molecule has 0 heterocycles. The Morgan fingerprint density at radius 3 is 2.53 bits per heavy atom. The van der Waals surface area contributed by atoms with Crippen LogP contribution in [-0.4, -0.2) is 13.1 Å². The third-order valence-electron chi connectivity index (χ3n) is 2.30. The Kier molecular flexibility index (Phi) is 4.68. The fraction of sp³-hybridized carbons (Fsp3) is 0.417. The van der Waals surface area contributed by atoms with Crippen LogP contribution < -0.4 is 5.73 Å². The summed E-state index contributed by atoms with van der Waals surface area (Å²) in [5, 5.41) is 0. The number of nitrogens with two attached hydrogens (primary N) is 1. The van der Waals surface area contributed by atoms with Crippen LogP contribution in [0, 0.1) is 0 Å². The van der Waals surface area contributed by atoms with Gasteiger partial charge >= 0.3 is 5.97 Å². The number of ether oxygens (including phenoxy) is 1. The largest absolute Gasteiger partial charge is 0.469 e. The number of carbonyl (C=O) groups excluding carboxylic acids is 1. The van der Waals surface area contributed by atoms with Gasteiger partial charge in [-0.15, -0.1) is 0 Å². The van der Waals surface area contributed by atoms with Gasteiger partial charge in [-0.25, -0.2) is 0 Å². The standard InChI is InChI=1S/C12H17NO2/c1-15-12(14)5-3-2-4-10-6-8-11(13)9-7-10/h6-9H,2-5,13H2,1H3. The van der Waals surface area contributed by atoms with Gasteiger partial charge < -0.3 is 10.5 Å². The molecular weight excluding hydrogens is 190 g/mol. The molecule has 3 nitrogen and oxygen atoms in total. The SMILES string of the molecule is COC(=O)CCCCc1ccc(N)cc1. The highest BCUT2D eigenvalue weighted by atomic mass is 16.5. The van der Waals surface area contributed by atoms with E-state index in [4.69, 9.17) is 5.73 Å². The zero-order chi connectivity index (χ0) is 11.1. The highest BCUT2D eigenvalue weighted by Gasteiger charge is 1.99. The molecule has 0 spiro atoms.